The molecule has 1 saturated carbocycles. The van der Waals surface area contributed by atoms with Crippen LogP contribution in [0, 0.1) is 5.92 Å². The fraction of sp³-hybridized carbons (Fsp3) is 0.917. The number of nitrogens with zero attached hydrogens (tertiary/aromatic N) is 1. The van der Waals surface area contributed by atoms with E-state index in [2.05, 4.69) is 4.90 Å². The number of carbonyl (C=O) groups excluding carboxylic acids is 1. The van der Waals surface area contributed by atoms with Crippen LogP contribution in [-0.2, 0) is 9.53 Å². The predicted molar refractivity (Wildman–Crippen MR) is 58.6 cm³/mol. The van der Waals surface area contributed by atoms with Crippen LogP contribution in [0.1, 0.15) is 38.5 Å². The predicted octanol–water partition coefficient (Wildman–Crippen LogP) is 1.81. The smallest absolute Gasteiger partial charge is 0.308 e. The summed E-state index contributed by atoms with van der Waals surface area (Å²) in [5.41, 5.74) is 0. The van der Waals surface area contributed by atoms with Crippen molar-refractivity contribution < 1.29 is 9.53 Å². The molecule has 1 saturated heterocycles. The van der Waals surface area contributed by atoms with Crippen molar-refractivity contribution in [3.63, 3.8) is 0 Å². The molecule has 15 heavy (non-hydrogen) atoms. The second-order valence-electron chi connectivity index (χ2n) is 4.77. The maximum absolute atomic E-state index is 11.4. The Balaban J connectivity index is 1.78. The first kappa shape index (κ1) is 10.9. The summed E-state index contributed by atoms with van der Waals surface area (Å²) in [6.45, 7) is 2.54. The van der Waals surface area contributed by atoms with Crippen molar-refractivity contribution in [3.05, 3.63) is 0 Å². The third kappa shape index (κ3) is 2.51. The van der Waals surface area contributed by atoms with E-state index in [1.165, 1.54) is 45.9 Å². The van der Waals surface area contributed by atoms with E-state index in [-0.39, 0.29) is 11.9 Å². The third-order valence-electron chi connectivity index (χ3n) is 3.89. The van der Waals surface area contributed by atoms with Gasteiger partial charge in [0, 0.05) is 6.04 Å². The molecule has 0 radical (unpaired) electrons. The van der Waals surface area contributed by atoms with Crippen molar-refractivity contribution in [3.8, 4) is 0 Å². The van der Waals surface area contributed by atoms with E-state index in [1.54, 1.807) is 0 Å². The molecule has 3 nitrogen and oxygen atoms in total. The normalized spacial score (nSPS) is 32.9. The number of rotatable bonds is 2. The van der Waals surface area contributed by atoms with Gasteiger partial charge in [0.2, 0.25) is 0 Å². The standard InChI is InChI=1S/C12H21NO2/c1-15-12(14)10-4-6-11(7-5-10)13-8-2-3-9-13/h10-11H,2-9H2,1H3. The highest BCUT2D eigenvalue weighted by molar-refractivity contribution is 5.72. The van der Waals surface area contributed by atoms with Gasteiger partial charge in [0.25, 0.3) is 0 Å². The molecule has 3 heteroatoms. The van der Waals surface area contributed by atoms with Gasteiger partial charge in [0.05, 0.1) is 13.0 Å². The van der Waals surface area contributed by atoms with Crippen molar-refractivity contribution in [2.45, 2.75) is 44.6 Å². The van der Waals surface area contributed by atoms with Crippen LogP contribution in [0.4, 0.5) is 0 Å². The molecule has 0 bridgehead atoms. The molecule has 0 amide bonds. The summed E-state index contributed by atoms with van der Waals surface area (Å²) >= 11 is 0. The summed E-state index contributed by atoms with van der Waals surface area (Å²) in [5.74, 6) is 0.170. The second-order valence-corrected chi connectivity index (χ2v) is 4.77. The molecule has 2 aliphatic rings. The Bertz CT molecular complexity index is 216. The van der Waals surface area contributed by atoms with Crippen molar-refractivity contribution in [1.82, 2.24) is 4.90 Å². The van der Waals surface area contributed by atoms with Gasteiger partial charge in [-0.25, -0.2) is 0 Å². The average Bonchev–Trinajstić information content (AvgIpc) is 2.82. The molecule has 0 aromatic heterocycles. The van der Waals surface area contributed by atoms with Gasteiger partial charge in [-0.05, 0) is 51.6 Å². The molecular weight excluding hydrogens is 190 g/mol. The summed E-state index contributed by atoms with van der Waals surface area (Å²) in [5, 5.41) is 0. The number of methoxy groups -OCH3 is 1. The Hall–Kier alpha value is -0.570. The molecule has 1 aliphatic heterocycles. The molecule has 2 fully saturated rings. The molecule has 0 unspecified atom stereocenters. The molecule has 0 aromatic rings. The molecule has 1 aliphatic carbocycles. The number of carbonyl (C=O) groups is 1. The van der Waals surface area contributed by atoms with E-state index in [0.29, 0.717) is 0 Å². The third-order valence-corrected chi connectivity index (χ3v) is 3.89. The molecular formula is C12H21NO2. The lowest BCUT2D eigenvalue weighted by molar-refractivity contribution is -0.146. The Morgan fingerprint density at radius 1 is 1.13 bits per heavy atom. The molecule has 0 atom stereocenters. The zero-order valence-corrected chi connectivity index (χ0v) is 9.58. The monoisotopic (exact) mass is 211 g/mol. The van der Waals surface area contributed by atoms with Crippen LogP contribution in [0.15, 0.2) is 0 Å². The second kappa shape index (κ2) is 4.97. The molecule has 2 rings (SSSR count). The topological polar surface area (TPSA) is 29.5 Å². The SMILES string of the molecule is COC(=O)C1CCC(N2CCCC2)CC1. The number of hydrogen-bond acceptors (Lipinski definition) is 3. The first-order valence-electron chi connectivity index (χ1n) is 6.13. The van der Waals surface area contributed by atoms with E-state index in [9.17, 15) is 4.79 Å². The first-order chi connectivity index (χ1) is 7.31. The van der Waals surface area contributed by atoms with Gasteiger partial charge in [-0.3, -0.25) is 4.79 Å². The van der Waals surface area contributed by atoms with Gasteiger partial charge in [-0.15, -0.1) is 0 Å². The summed E-state index contributed by atoms with van der Waals surface area (Å²) in [4.78, 5) is 14.0. The van der Waals surface area contributed by atoms with E-state index in [1.807, 2.05) is 0 Å². The highest BCUT2D eigenvalue weighted by Crippen LogP contribution is 2.29. The average molecular weight is 211 g/mol. The molecule has 0 aromatic carbocycles. The van der Waals surface area contributed by atoms with E-state index in [4.69, 9.17) is 4.74 Å². The lowest BCUT2D eigenvalue weighted by Crippen LogP contribution is -2.37. The van der Waals surface area contributed by atoms with Crippen LogP contribution in [0.5, 0.6) is 0 Å². The number of hydrogen-bond donors (Lipinski definition) is 0. The highest BCUT2D eigenvalue weighted by Gasteiger charge is 2.30. The van der Waals surface area contributed by atoms with Crippen molar-refractivity contribution in [2.24, 2.45) is 5.92 Å². The minimum atomic E-state index is -0.00475. The Morgan fingerprint density at radius 2 is 1.73 bits per heavy atom. The summed E-state index contributed by atoms with van der Waals surface area (Å²) in [6.07, 6.45) is 7.12. The van der Waals surface area contributed by atoms with E-state index >= 15 is 0 Å². The summed E-state index contributed by atoms with van der Waals surface area (Å²) in [6, 6.07) is 0.744. The minimum Gasteiger partial charge on any atom is -0.469 e. The zero-order valence-electron chi connectivity index (χ0n) is 9.58. The molecule has 0 N–H and O–H groups in total. The Labute approximate surface area is 91.8 Å². The van der Waals surface area contributed by atoms with Crippen molar-refractivity contribution >= 4 is 5.97 Å². The molecule has 0 spiro atoms. The first-order valence-corrected chi connectivity index (χ1v) is 6.13. The van der Waals surface area contributed by atoms with Gasteiger partial charge in [-0.2, -0.15) is 0 Å². The van der Waals surface area contributed by atoms with E-state index < -0.39 is 0 Å². The quantitative estimate of drug-likeness (QED) is 0.652. The highest BCUT2D eigenvalue weighted by atomic mass is 16.5. The van der Waals surface area contributed by atoms with Crippen LogP contribution in [0.3, 0.4) is 0 Å². The van der Waals surface area contributed by atoms with Crippen LogP contribution < -0.4 is 0 Å². The minimum absolute atomic E-state index is 0.00475. The number of ether oxygens (including phenoxy) is 1. The Kier molecular flexibility index (Phi) is 3.62. The maximum Gasteiger partial charge on any atom is 0.308 e. The van der Waals surface area contributed by atoms with Gasteiger partial charge >= 0.3 is 5.97 Å². The Morgan fingerprint density at radius 3 is 2.27 bits per heavy atom. The summed E-state index contributed by atoms with van der Waals surface area (Å²) in [7, 11) is 1.49. The van der Waals surface area contributed by atoms with Gasteiger partial charge in [0.15, 0.2) is 0 Å². The van der Waals surface area contributed by atoms with E-state index in [0.717, 1.165) is 18.9 Å². The van der Waals surface area contributed by atoms with Crippen molar-refractivity contribution in [1.29, 1.82) is 0 Å². The zero-order chi connectivity index (χ0) is 10.7. The van der Waals surface area contributed by atoms with Gasteiger partial charge in [0.1, 0.15) is 0 Å². The fourth-order valence-electron chi connectivity index (χ4n) is 2.95. The largest absolute Gasteiger partial charge is 0.469 e. The van der Waals surface area contributed by atoms with Crippen molar-refractivity contribution in [2.75, 3.05) is 20.2 Å². The van der Waals surface area contributed by atoms with Crippen LogP contribution in [0.25, 0.3) is 0 Å². The molecule has 86 valence electrons. The van der Waals surface area contributed by atoms with Crippen LogP contribution in [0.2, 0.25) is 0 Å². The van der Waals surface area contributed by atoms with Gasteiger partial charge < -0.3 is 9.64 Å². The lowest BCUT2D eigenvalue weighted by atomic mass is 9.85. The summed E-state index contributed by atoms with van der Waals surface area (Å²) < 4.78 is 4.80. The molecule has 1 heterocycles. The van der Waals surface area contributed by atoms with Gasteiger partial charge in [-0.1, -0.05) is 0 Å². The number of esters is 1. The van der Waals surface area contributed by atoms with Crippen LogP contribution in [-0.4, -0.2) is 37.1 Å². The lowest BCUT2D eigenvalue weighted by Gasteiger charge is -2.33. The maximum atomic E-state index is 11.4. The fourth-order valence-corrected chi connectivity index (χ4v) is 2.95. The number of likely N-dealkylation sites (tertiary alicyclic amines) is 1. The van der Waals surface area contributed by atoms with Crippen LogP contribution >= 0.6 is 0 Å².